The first kappa shape index (κ1) is 8.03. The van der Waals surface area contributed by atoms with Gasteiger partial charge in [-0.05, 0) is 12.8 Å². The van der Waals surface area contributed by atoms with E-state index in [0.29, 0.717) is 0 Å². The van der Waals surface area contributed by atoms with Crippen LogP contribution in [0.3, 0.4) is 0 Å². The molecule has 1 heterocycles. The fourth-order valence-electron chi connectivity index (χ4n) is 0.933. The van der Waals surface area contributed by atoms with Crippen molar-refractivity contribution in [3.05, 3.63) is 21.0 Å². The first-order chi connectivity index (χ1) is 6.11. The van der Waals surface area contributed by atoms with Gasteiger partial charge >= 0.3 is 11.4 Å². The lowest BCUT2D eigenvalue weighted by Gasteiger charge is -1.94. The zero-order chi connectivity index (χ0) is 9.47. The van der Waals surface area contributed by atoms with Crippen molar-refractivity contribution in [3.63, 3.8) is 0 Å². The van der Waals surface area contributed by atoms with Crippen LogP contribution in [0, 0.1) is 5.41 Å². The summed E-state index contributed by atoms with van der Waals surface area (Å²) in [6.45, 7) is 2.03. The molecule has 2 rings (SSSR count). The lowest BCUT2D eigenvalue weighted by Crippen LogP contribution is -2.23. The highest BCUT2D eigenvalue weighted by Crippen LogP contribution is 2.42. The fraction of sp³-hybridized carbons (Fsp3) is 0.571. The molecule has 1 fully saturated rings. The van der Waals surface area contributed by atoms with Crippen LogP contribution < -0.4 is 11.4 Å². The Morgan fingerprint density at radius 3 is 2.38 bits per heavy atom. The molecule has 1 aliphatic carbocycles. The molecule has 6 nitrogen and oxygen atoms in total. The lowest BCUT2D eigenvalue weighted by atomic mass is 10.2. The van der Waals surface area contributed by atoms with Crippen molar-refractivity contribution in [2.45, 2.75) is 19.8 Å². The number of aromatic nitrogens is 3. The molecule has 13 heavy (non-hydrogen) atoms. The minimum Gasteiger partial charge on any atom is -0.246 e. The molecule has 0 aromatic carbocycles. The van der Waals surface area contributed by atoms with Crippen molar-refractivity contribution >= 4 is 6.21 Å². The first-order valence-electron chi connectivity index (χ1n) is 4.06. The Bertz CT molecular complexity index is 418. The molecule has 2 N–H and O–H groups in total. The number of hydrogen-bond acceptors (Lipinski definition) is 3. The van der Waals surface area contributed by atoms with E-state index >= 15 is 0 Å². The van der Waals surface area contributed by atoms with E-state index in [4.69, 9.17) is 0 Å². The number of hydrogen-bond donors (Lipinski definition) is 2. The van der Waals surface area contributed by atoms with E-state index in [2.05, 4.69) is 15.3 Å². The number of nitrogens with one attached hydrogen (secondary N) is 2. The smallest absolute Gasteiger partial charge is 0.246 e. The topological polar surface area (TPSA) is 83.0 Å². The van der Waals surface area contributed by atoms with E-state index in [9.17, 15) is 9.59 Å². The Balaban J connectivity index is 2.32. The summed E-state index contributed by atoms with van der Waals surface area (Å²) in [6.07, 6.45) is 3.78. The van der Waals surface area contributed by atoms with Gasteiger partial charge in [-0.3, -0.25) is 0 Å². The first-order valence-corrected chi connectivity index (χ1v) is 4.06. The molecule has 0 amide bonds. The zero-order valence-corrected chi connectivity index (χ0v) is 7.20. The van der Waals surface area contributed by atoms with Crippen LogP contribution in [0.1, 0.15) is 19.8 Å². The van der Waals surface area contributed by atoms with Crippen molar-refractivity contribution < 1.29 is 0 Å². The third kappa shape index (κ3) is 1.47. The van der Waals surface area contributed by atoms with Crippen LogP contribution in [0.25, 0.3) is 0 Å². The summed E-state index contributed by atoms with van der Waals surface area (Å²) in [6, 6.07) is 0. The van der Waals surface area contributed by atoms with E-state index in [-0.39, 0.29) is 5.41 Å². The minimum atomic E-state index is -0.537. The average Bonchev–Trinajstić information content (AvgIpc) is 2.72. The summed E-state index contributed by atoms with van der Waals surface area (Å²) in [5.74, 6) is 0. The SMILES string of the molecule is CC1(/C=N/n2c(=O)[nH][nH]c2=O)CC1. The Kier molecular flexibility index (Phi) is 1.51. The number of aromatic amines is 2. The molecule has 0 atom stereocenters. The molecule has 6 heteroatoms. The largest absolute Gasteiger partial charge is 0.365 e. The molecule has 0 aliphatic heterocycles. The van der Waals surface area contributed by atoms with Crippen molar-refractivity contribution in [2.24, 2.45) is 10.5 Å². The molecule has 0 saturated heterocycles. The van der Waals surface area contributed by atoms with E-state index < -0.39 is 11.4 Å². The van der Waals surface area contributed by atoms with Gasteiger partial charge in [0, 0.05) is 11.6 Å². The normalized spacial score (nSPS) is 19.5. The highest BCUT2D eigenvalue weighted by atomic mass is 16.2. The monoisotopic (exact) mass is 182 g/mol. The van der Waals surface area contributed by atoms with Crippen LogP contribution in [-0.2, 0) is 0 Å². The molecule has 70 valence electrons. The van der Waals surface area contributed by atoms with Crippen LogP contribution in [0.2, 0.25) is 0 Å². The second-order valence-electron chi connectivity index (χ2n) is 3.57. The highest BCUT2D eigenvalue weighted by molar-refractivity contribution is 5.68. The van der Waals surface area contributed by atoms with Gasteiger partial charge < -0.3 is 0 Å². The third-order valence-corrected chi connectivity index (χ3v) is 2.18. The number of rotatable bonds is 2. The molecule has 1 aromatic heterocycles. The summed E-state index contributed by atoms with van der Waals surface area (Å²) < 4.78 is 0.781. The molecular formula is C7H10N4O2. The van der Waals surface area contributed by atoms with Crippen molar-refractivity contribution in [1.29, 1.82) is 0 Å². The Hall–Kier alpha value is -1.59. The maximum absolute atomic E-state index is 10.9. The van der Waals surface area contributed by atoms with Gasteiger partial charge in [0.15, 0.2) is 0 Å². The summed E-state index contributed by atoms with van der Waals surface area (Å²) >= 11 is 0. The summed E-state index contributed by atoms with van der Waals surface area (Å²) in [4.78, 5) is 21.9. The average molecular weight is 182 g/mol. The van der Waals surface area contributed by atoms with Crippen molar-refractivity contribution in [1.82, 2.24) is 14.9 Å². The molecule has 1 aromatic rings. The number of nitrogens with zero attached hydrogens (tertiary/aromatic N) is 2. The Morgan fingerprint density at radius 2 is 1.92 bits per heavy atom. The third-order valence-electron chi connectivity index (χ3n) is 2.18. The van der Waals surface area contributed by atoms with Crippen LogP contribution in [0.5, 0.6) is 0 Å². The lowest BCUT2D eigenvalue weighted by molar-refractivity contribution is 0.757. The molecule has 1 aliphatic rings. The predicted octanol–water partition coefficient (Wildman–Crippen LogP) is -0.501. The zero-order valence-electron chi connectivity index (χ0n) is 7.20. The molecule has 0 unspecified atom stereocenters. The summed E-state index contributed by atoms with van der Waals surface area (Å²) in [7, 11) is 0. The fourth-order valence-corrected chi connectivity index (χ4v) is 0.933. The van der Waals surface area contributed by atoms with E-state index in [1.54, 1.807) is 6.21 Å². The van der Waals surface area contributed by atoms with Crippen molar-refractivity contribution in [3.8, 4) is 0 Å². The second kappa shape index (κ2) is 2.45. The van der Waals surface area contributed by atoms with Crippen LogP contribution in [-0.4, -0.2) is 21.1 Å². The molecular weight excluding hydrogens is 172 g/mol. The van der Waals surface area contributed by atoms with E-state index in [1.807, 2.05) is 6.92 Å². The van der Waals surface area contributed by atoms with Crippen LogP contribution >= 0.6 is 0 Å². The van der Waals surface area contributed by atoms with Crippen molar-refractivity contribution in [2.75, 3.05) is 0 Å². The van der Waals surface area contributed by atoms with Gasteiger partial charge in [0.05, 0.1) is 0 Å². The van der Waals surface area contributed by atoms with Gasteiger partial charge in [0.25, 0.3) is 0 Å². The predicted molar refractivity (Wildman–Crippen MR) is 46.9 cm³/mol. The Morgan fingerprint density at radius 1 is 1.38 bits per heavy atom. The van der Waals surface area contributed by atoms with E-state index in [0.717, 1.165) is 17.5 Å². The van der Waals surface area contributed by atoms with Gasteiger partial charge in [-0.15, -0.1) is 4.68 Å². The van der Waals surface area contributed by atoms with Gasteiger partial charge in [-0.25, -0.2) is 19.8 Å². The van der Waals surface area contributed by atoms with Gasteiger partial charge in [-0.2, -0.15) is 5.10 Å². The van der Waals surface area contributed by atoms with Crippen LogP contribution in [0.4, 0.5) is 0 Å². The molecule has 1 saturated carbocycles. The van der Waals surface area contributed by atoms with Crippen LogP contribution in [0.15, 0.2) is 14.7 Å². The summed E-state index contributed by atoms with van der Waals surface area (Å²) in [5, 5.41) is 8.10. The highest BCUT2D eigenvalue weighted by Gasteiger charge is 2.35. The maximum atomic E-state index is 10.9. The Labute approximate surface area is 73.3 Å². The maximum Gasteiger partial charge on any atom is 0.365 e. The molecule has 0 radical (unpaired) electrons. The molecule has 0 spiro atoms. The standard InChI is InChI=1S/C7H10N4O2/c1-7(2-3-7)4-8-11-5(12)9-10-6(11)13/h4H,2-3H2,1H3,(H,9,12)(H,10,13)/b8-4+. The van der Waals surface area contributed by atoms with E-state index in [1.165, 1.54) is 0 Å². The minimum absolute atomic E-state index is 0.0865. The summed E-state index contributed by atoms with van der Waals surface area (Å²) in [5.41, 5.74) is -0.987. The van der Waals surface area contributed by atoms with Gasteiger partial charge in [0.1, 0.15) is 0 Å². The van der Waals surface area contributed by atoms with Gasteiger partial charge in [-0.1, -0.05) is 6.92 Å². The van der Waals surface area contributed by atoms with Gasteiger partial charge in [0.2, 0.25) is 0 Å². The number of H-pyrrole nitrogens is 2. The quantitative estimate of drug-likeness (QED) is 0.604. The second-order valence-corrected chi connectivity index (χ2v) is 3.57. The molecule has 0 bridgehead atoms.